The summed E-state index contributed by atoms with van der Waals surface area (Å²) in [5, 5.41) is 1.62. The van der Waals surface area contributed by atoms with E-state index < -0.39 is 0 Å². The Hall–Kier alpha value is -0.710. The number of thiophene rings is 1. The van der Waals surface area contributed by atoms with Gasteiger partial charge in [0.05, 0.1) is 11.9 Å². The van der Waals surface area contributed by atoms with Crippen molar-refractivity contribution in [3.63, 3.8) is 0 Å². The van der Waals surface area contributed by atoms with Gasteiger partial charge in [-0.1, -0.05) is 38.8 Å². The first-order valence-corrected chi connectivity index (χ1v) is 8.80. The quantitative estimate of drug-likeness (QED) is 0.712. The van der Waals surface area contributed by atoms with Gasteiger partial charge in [-0.15, -0.1) is 11.3 Å². The van der Waals surface area contributed by atoms with Gasteiger partial charge in [-0.3, -0.25) is 4.90 Å². The van der Waals surface area contributed by atoms with Crippen LogP contribution in [0.4, 0.5) is 0 Å². The number of fused-ring (bicyclic) bond motifs is 1. The first-order chi connectivity index (χ1) is 9.96. The zero-order valence-corrected chi connectivity index (χ0v) is 15.1. The minimum Gasteiger partial charge on any atom is -0.296 e. The molecule has 0 radical (unpaired) electrons. The maximum Gasteiger partial charge on any atom is 0.145 e. The summed E-state index contributed by atoms with van der Waals surface area (Å²) in [5.41, 5.74) is 1.21. The van der Waals surface area contributed by atoms with Crippen molar-refractivity contribution in [2.24, 2.45) is 5.92 Å². The van der Waals surface area contributed by atoms with Crippen LogP contribution in [0.3, 0.4) is 0 Å². The number of hydrogen-bond donors (Lipinski definition) is 0. The molecule has 3 nitrogen and oxygen atoms in total. The summed E-state index contributed by atoms with van der Waals surface area (Å²) < 4.78 is 0. The molecule has 0 bridgehead atoms. The Kier molecular flexibility index (Phi) is 5.58. The van der Waals surface area contributed by atoms with Gasteiger partial charge in [0.25, 0.3) is 0 Å². The van der Waals surface area contributed by atoms with E-state index in [0.717, 1.165) is 35.7 Å². The molecule has 0 aliphatic heterocycles. The maximum atomic E-state index is 6.38. The first kappa shape index (κ1) is 16.7. The molecule has 0 amide bonds. The summed E-state index contributed by atoms with van der Waals surface area (Å²) in [5.74, 6) is 1.52. The molecule has 0 N–H and O–H groups in total. The second-order valence-corrected chi connectivity index (χ2v) is 7.30. The molecule has 0 aromatic carbocycles. The highest BCUT2D eigenvalue weighted by molar-refractivity contribution is 7.18. The van der Waals surface area contributed by atoms with E-state index in [4.69, 9.17) is 16.6 Å². The average molecular weight is 326 g/mol. The molecular weight excluding hydrogens is 302 g/mol. The third kappa shape index (κ3) is 3.74. The lowest BCUT2D eigenvalue weighted by molar-refractivity contribution is 0.233. The highest BCUT2D eigenvalue weighted by Gasteiger charge is 2.15. The van der Waals surface area contributed by atoms with Gasteiger partial charge in [-0.25, -0.2) is 9.97 Å². The van der Waals surface area contributed by atoms with Crippen molar-refractivity contribution >= 4 is 33.2 Å². The van der Waals surface area contributed by atoms with Gasteiger partial charge in [0.15, 0.2) is 0 Å². The van der Waals surface area contributed by atoms with Crippen molar-refractivity contribution < 1.29 is 0 Å². The van der Waals surface area contributed by atoms with Gasteiger partial charge in [0.1, 0.15) is 15.8 Å². The molecule has 21 heavy (non-hydrogen) atoms. The van der Waals surface area contributed by atoms with Crippen molar-refractivity contribution in [1.29, 1.82) is 0 Å². The Labute approximate surface area is 136 Å². The van der Waals surface area contributed by atoms with E-state index >= 15 is 0 Å². The predicted molar refractivity (Wildman–Crippen MR) is 92.3 cm³/mol. The topological polar surface area (TPSA) is 29.0 Å². The number of aromatic nitrogens is 2. The molecule has 5 heteroatoms. The monoisotopic (exact) mass is 325 g/mol. The van der Waals surface area contributed by atoms with E-state index in [1.807, 2.05) is 0 Å². The van der Waals surface area contributed by atoms with Crippen LogP contribution in [0.2, 0.25) is 5.15 Å². The molecular formula is C16H24ClN3S. The average Bonchev–Trinajstić information content (AvgIpc) is 2.73. The Morgan fingerprint density at radius 1 is 1.24 bits per heavy atom. The van der Waals surface area contributed by atoms with E-state index in [0.29, 0.717) is 11.1 Å². The number of hydrogen-bond acceptors (Lipinski definition) is 4. The SMILES string of the molecule is CCC(C)CN(CC)Cc1nc(Cl)c2c(C)c(C)sc2n1. The van der Waals surface area contributed by atoms with E-state index in [2.05, 4.69) is 44.5 Å². The summed E-state index contributed by atoms with van der Waals surface area (Å²) in [4.78, 5) is 13.9. The largest absolute Gasteiger partial charge is 0.296 e. The highest BCUT2D eigenvalue weighted by atomic mass is 35.5. The van der Waals surface area contributed by atoms with Gasteiger partial charge in [-0.2, -0.15) is 0 Å². The Balaban J connectivity index is 2.26. The summed E-state index contributed by atoms with van der Waals surface area (Å²) in [7, 11) is 0. The standard InChI is InChI=1S/C16H24ClN3S/c1-6-10(3)8-20(7-2)9-13-18-15(17)14-11(4)12(5)21-16(14)19-13/h10H,6-9H2,1-5H3. The zero-order valence-electron chi connectivity index (χ0n) is 13.5. The predicted octanol–water partition coefficient (Wildman–Crippen LogP) is 4.83. The van der Waals surface area contributed by atoms with Crippen LogP contribution >= 0.6 is 22.9 Å². The summed E-state index contributed by atoms with van der Waals surface area (Å²) in [6.07, 6.45) is 1.19. The summed E-state index contributed by atoms with van der Waals surface area (Å²) in [6, 6.07) is 0. The Morgan fingerprint density at radius 2 is 1.95 bits per heavy atom. The molecule has 2 rings (SSSR count). The van der Waals surface area contributed by atoms with Crippen LogP contribution in [0.1, 0.15) is 43.5 Å². The van der Waals surface area contributed by atoms with Crippen LogP contribution in [-0.4, -0.2) is 28.0 Å². The fourth-order valence-electron chi connectivity index (χ4n) is 2.39. The van der Waals surface area contributed by atoms with E-state index in [9.17, 15) is 0 Å². The van der Waals surface area contributed by atoms with Crippen molar-refractivity contribution in [2.45, 2.75) is 47.6 Å². The number of nitrogens with zero attached hydrogens (tertiary/aromatic N) is 3. The van der Waals surface area contributed by atoms with Crippen LogP contribution in [-0.2, 0) is 6.54 Å². The minimum absolute atomic E-state index is 0.594. The molecule has 0 fully saturated rings. The van der Waals surface area contributed by atoms with E-state index in [1.165, 1.54) is 16.9 Å². The molecule has 1 unspecified atom stereocenters. The molecule has 2 aromatic rings. The molecule has 1 atom stereocenters. The van der Waals surface area contributed by atoms with Gasteiger partial charge < -0.3 is 0 Å². The van der Waals surface area contributed by atoms with E-state index in [-0.39, 0.29) is 0 Å². The molecule has 0 saturated heterocycles. The summed E-state index contributed by atoms with van der Waals surface area (Å²) >= 11 is 8.08. The molecule has 0 saturated carbocycles. The van der Waals surface area contributed by atoms with Gasteiger partial charge in [-0.05, 0) is 31.9 Å². The number of rotatable bonds is 6. The third-order valence-electron chi connectivity index (χ3n) is 4.11. The second kappa shape index (κ2) is 7.03. The zero-order chi connectivity index (χ0) is 15.6. The molecule has 116 valence electrons. The lowest BCUT2D eigenvalue weighted by atomic mass is 10.1. The number of aryl methyl sites for hydroxylation is 2. The van der Waals surface area contributed by atoms with Gasteiger partial charge in [0.2, 0.25) is 0 Å². The normalized spacial score (nSPS) is 13.3. The smallest absolute Gasteiger partial charge is 0.145 e. The first-order valence-electron chi connectivity index (χ1n) is 7.60. The maximum absolute atomic E-state index is 6.38. The van der Waals surface area contributed by atoms with Crippen molar-refractivity contribution in [2.75, 3.05) is 13.1 Å². The number of halogens is 1. The van der Waals surface area contributed by atoms with Crippen LogP contribution in [0.5, 0.6) is 0 Å². The van der Waals surface area contributed by atoms with Crippen LogP contribution < -0.4 is 0 Å². The Morgan fingerprint density at radius 3 is 2.57 bits per heavy atom. The lowest BCUT2D eigenvalue weighted by Gasteiger charge is -2.22. The van der Waals surface area contributed by atoms with Crippen molar-refractivity contribution in [3.05, 3.63) is 21.4 Å². The molecule has 0 aliphatic carbocycles. The highest BCUT2D eigenvalue weighted by Crippen LogP contribution is 2.33. The van der Waals surface area contributed by atoms with Gasteiger partial charge >= 0.3 is 0 Å². The molecule has 2 aromatic heterocycles. The minimum atomic E-state index is 0.594. The van der Waals surface area contributed by atoms with Gasteiger partial charge in [0, 0.05) is 11.4 Å². The van der Waals surface area contributed by atoms with Crippen molar-refractivity contribution in [3.8, 4) is 0 Å². The second-order valence-electron chi connectivity index (χ2n) is 5.74. The molecule has 2 heterocycles. The van der Waals surface area contributed by atoms with Crippen LogP contribution in [0.25, 0.3) is 10.2 Å². The Bertz CT molecular complexity index is 623. The fraction of sp³-hybridized carbons (Fsp3) is 0.625. The van der Waals surface area contributed by atoms with Crippen LogP contribution in [0.15, 0.2) is 0 Å². The molecule has 0 spiro atoms. The third-order valence-corrected chi connectivity index (χ3v) is 5.48. The lowest BCUT2D eigenvalue weighted by Crippen LogP contribution is -2.28. The van der Waals surface area contributed by atoms with Crippen molar-refractivity contribution in [1.82, 2.24) is 14.9 Å². The van der Waals surface area contributed by atoms with Crippen LogP contribution in [0, 0.1) is 19.8 Å². The van der Waals surface area contributed by atoms with E-state index in [1.54, 1.807) is 11.3 Å². The fourth-order valence-corrected chi connectivity index (χ4v) is 3.82. The molecule has 0 aliphatic rings. The summed E-state index contributed by atoms with van der Waals surface area (Å²) in [6.45, 7) is 13.7.